The molecule has 27 heavy (non-hydrogen) atoms. The molecule has 0 radical (unpaired) electrons. The first-order valence-corrected chi connectivity index (χ1v) is 9.98. The Morgan fingerprint density at radius 2 is 2.00 bits per heavy atom. The molecule has 2 atom stereocenters. The van der Waals surface area contributed by atoms with Crippen molar-refractivity contribution in [1.82, 2.24) is 15.6 Å². The fourth-order valence-electron chi connectivity index (χ4n) is 4.07. The molecule has 0 spiro atoms. The average molecular weight is 365 g/mol. The number of benzene rings is 1. The average Bonchev–Trinajstić information content (AvgIpc) is 2.89. The molecule has 4 rings (SSSR count). The summed E-state index contributed by atoms with van der Waals surface area (Å²) in [6.07, 6.45) is 10.2. The lowest BCUT2D eigenvalue weighted by atomic mass is 9.95. The van der Waals surface area contributed by atoms with Crippen LogP contribution in [-0.2, 0) is 11.2 Å². The van der Waals surface area contributed by atoms with E-state index in [0.29, 0.717) is 12.6 Å². The summed E-state index contributed by atoms with van der Waals surface area (Å²) in [6.45, 7) is 0.617. The number of nitrogens with one attached hydrogen (secondary N) is 2. The van der Waals surface area contributed by atoms with Crippen LogP contribution in [0.5, 0.6) is 5.75 Å². The van der Waals surface area contributed by atoms with Crippen molar-refractivity contribution < 1.29 is 9.53 Å². The number of pyridine rings is 1. The topological polar surface area (TPSA) is 63.2 Å². The minimum Gasteiger partial charge on any atom is -0.488 e. The summed E-state index contributed by atoms with van der Waals surface area (Å²) in [5.41, 5.74) is 2.05. The van der Waals surface area contributed by atoms with Crippen LogP contribution in [0.1, 0.15) is 49.3 Å². The van der Waals surface area contributed by atoms with Gasteiger partial charge in [-0.1, -0.05) is 43.5 Å². The van der Waals surface area contributed by atoms with Gasteiger partial charge < -0.3 is 10.1 Å². The number of para-hydroxylation sites is 1. The van der Waals surface area contributed by atoms with E-state index in [1.54, 1.807) is 6.20 Å². The first-order chi connectivity index (χ1) is 13.3. The van der Waals surface area contributed by atoms with Crippen LogP contribution in [0, 0.1) is 0 Å². The van der Waals surface area contributed by atoms with Crippen molar-refractivity contribution in [3.8, 4) is 5.75 Å². The smallest absolute Gasteiger partial charge is 0.242 e. The van der Waals surface area contributed by atoms with E-state index >= 15 is 0 Å². The third-order valence-corrected chi connectivity index (χ3v) is 5.47. The molecule has 0 bridgehead atoms. The number of carbonyl (C=O) groups is 1. The molecule has 1 amide bonds. The summed E-state index contributed by atoms with van der Waals surface area (Å²) in [4.78, 5) is 17.2. The molecule has 1 saturated carbocycles. The molecule has 2 aliphatic rings. The summed E-state index contributed by atoms with van der Waals surface area (Å²) in [5, 5.41) is 6.69. The van der Waals surface area contributed by atoms with Crippen molar-refractivity contribution in [2.75, 3.05) is 6.54 Å². The molecule has 5 nitrogen and oxygen atoms in total. The predicted octanol–water partition coefficient (Wildman–Crippen LogP) is 3.16. The maximum absolute atomic E-state index is 13.0. The molecule has 2 N–H and O–H groups in total. The maximum Gasteiger partial charge on any atom is 0.242 e. The van der Waals surface area contributed by atoms with Crippen LogP contribution in [-0.4, -0.2) is 29.6 Å². The number of rotatable bonds is 4. The van der Waals surface area contributed by atoms with Gasteiger partial charge in [-0.05, 0) is 30.5 Å². The number of amides is 1. The van der Waals surface area contributed by atoms with Gasteiger partial charge in [-0.3, -0.25) is 15.1 Å². The molecule has 1 aromatic carbocycles. The van der Waals surface area contributed by atoms with Crippen LogP contribution >= 0.6 is 0 Å². The zero-order chi connectivity index (χ0) is 18.5. The first kappa shape index (κ1) is 18.0. The number of carbonyl (C=O) groups excluding carboxylic acids is 1. The lowest BCUT2D eigenvalue weighted by Gasteiger charge is -2.25. The molecule has 0 saturated heterocycles. The molecule has 2 aromatic rings. The largest absolute Gasteiger partial charge is 0.488 e. The van der Waals surface area contributed by atoms with E-state index in [-0.39, 0.29) is 18.1 Å². The van der Waals surface area contributed by atoms with Gasteiger partial charge in [0.25, 0.3) is 0 Å². The number of aromatic nitrogens is 1. The third kappa shape index (κ3) is 4.48. The van der Waals surface area contributed by atoms with Gasteiger partial charge >= 0.3 is 0 Å². The van der Waals surface area contributed by atoms with Gasteiger partial charge in [-0.2, -0.15) is 0 Å². The van der Waals surface area contributed by atoms with Crippen molar-refractivity contribution in [2.45, 2.75) is 56.7 Å². The van der Waals surface area contributed by atoms with E-state index < -0.39 is 0 Å². The number of hydrogen-bond donors (Lipinski definition) is 2. The SMILES string of the molecule is O=C(NC1CCCCC1)C1NCC(Cc2cccnc2)Oc2ccccc21. The van der Waals surface area contributed by atoms with Crippen LogP contribution in [0.15, 0.2) is 48.8 Å². The Hall–Kier alpha value is -2.40. The minimum atomic E-state index is -0.373. The Labute approximate surface area is 160 Å². The Morgan fingerprint density at radius 3 is 2.81 bits per heavy atom. The van der Waals surface area contributed by atoms with E-state index in [1.807, 2.05) is 36.5 Å². The summed E-state index contributed by atoms with van der Waals surface area (Å²) in [6, 6.07) is 11.8. The molecule has 1 aromatic heterocycles. The van der Waals surface area contributed by atoms with Gasteiger partial charge in [0, 0.05) is 37.0 Å². The van der Waals surface area contributed by atoms with Crippen LogP contribution in [0.25, 0.3) is 0 Å². The second-order valence-corrected chi connectivity index (χ2v) is 7.53. The van der Waals surface area contributed by atoms with E-state index in [9.17, 15) is 4.79 Å². The van der Waals surface area contributed by atoms with Crippen molar-refractivity contribution >= 4 is 5.91 Å². The van der Waals surface area contributed by atoms with Crippen molar-refractivity contribution in [3.63, 3.8) is 0 Å². The van der Waals surface area contributed by atoms with Crippen molar-refractivity contribution in [2.24, 2.45) is 0 Å². The molecule has 1 fully saturated rings. The zero-order valence-corrected chi connectivity index (χ0v) is 15.6. The first-order valence-electron chi connectivity index (χ1n) is 9.98. The van der Waals surface area contributed by atoms with Gasteiger partial charge in [0.05, 0.1) is 0 Å². The molecule has 142 valence electrons. The van der Waals surface area contributed by atoms with E-state index in [2.05, 4.69) is 21.7 Å². The summed E-state index contributed by atoms with van der Waals surface area (Å²) < 4.78 is 6.26. The summed E-state index contributed by atoms with van der Waals surface area (Å²) in [7, 11) is 0. The molecule has 1 aliphatic carbocycles. The molecule has 5 heteroatoms. The molecule has 2 heterocycles. The number of hydrogen-bond acceptors (Lipinski definition) is 4. The zero-order valence-electron chi connectivity index (χ0n) is 15.6. The van der Waals surface area contributed by atoms with Crippen molar-refractivity contribution in [3.05, 3.63) is 59.9 Å². The van der Waals surface area contributed by atoms with E-state index in [4.69, 9.17) is 4.74 Å². The maximum atomic E-state index is 13.0. The molecular weight excluding hydrogens is 338 g/mol. The second kappa shape index (κ2) is 8.53. The molecule has 1 aliphatic heterocycles. The number of fused-ring (bicyclic) bond motifs is 1. The van der Waals surface area contributed by atoms with Gasteiger partial charge in [0.15, 0.2) is 0 Å². The van der Waals surface area contributed by atoms with Gasteiger partial charge in [-0.25, -0.2) is 0 Å². The lowest BCUT2D eigenvalue weighted by molar-refractivity contribution is -0.124. The highest BCUT2D eigenvalue weighted by molar-refractivity contribution is 5.84. The Kier molecular flexibility index (Phi) is 5.68. The van der Waals surface area contributed by atoms with Gasteiger partial charge in [0.2, 0.25) is 5.91 Å². The number of nitrogens with zero attached hydrogens (tertiary/aromatic N) is 1. The summed E-state index contributed by atoms with van der Waals surface area (Å²) >= 11 is 0. The Bertz CT molecular complexity index is 759. The highest BCUT2D eigenvalue weighted by atomic mass is 16.5. The number of ether oxygens (including phenoxy) is 1. The summed E-state index contributed by atoms with van der Waals surface area (Å²) in [5.74, 6) is 0.847. The monoisotopic (exact) mass is 365 g/mol. The van der Waals surface area contributed by atoms with Gasteiger partial charge in [0.1, 0.15) is 17.9 Å². The Morgan fingerprint density at radius 1 is 1.15 bits per heavy atom. The molecular formula is C22H27N3O2. The highest BCUT2D eigenvalue weighted by Crippen LogP contribution is 2.30. The van der Waals surface area contributed by atoms with Crippen LogP contribution in [0.3, 0.4) is 0 Å². The predicted molar refractivity (Wildman–Crippen MR) is 105 cm³/mol. The molecule has 2 unspecified atom stereocenters. The highest BCUT2D eigenvalue weighted by Gasteiger charge is 2.30. The van der Waals surface area contributed by atoms with Crippen LogP contribution in [0.2, 0.25) is 0 Å². The quantitative estimate of drug-likeness (QED) is 0.874. The second-order valence-electron chi connectivity index (χ2n) is 7.53. The van der Waals surface area contributed by atoms with Crippen LogP contribution < -0.4 is 15.4 Å². The fraction of sp³-hybridized carbons (Fsp3) is 0.455. The van der Waals surface area contributed by atoms with Crippen LogP contribution in [0.4, 0.5) is 0 Å². The normalized spacial score (nSPS) is 23.0. The standard InChI is InChI=1S/C22H27N3O2/c26-22(25-17-8-2-1-3-9-17)21-19-10-4-5-11-20(19)27-18(15-24-21)13-16-7-6-12-23-14-16/h4-7,10-12,14,17-18,21,24H,1-3,8-9,13,15H2,(H,25,26). The van der Waals surface area contributed by atoms with Crippen molar-refractivity contribution in [1.29, 1.82) is 0 Å². The fourth-order valence-corrected chi connectivity index (χ4v) is 4.07. The Balaban J connectivity index is 1.49. The lowest BCUT2D eigenvalue weighted by Crippen LogP contribution is -2.44. The van der Waals surface area contributed by atoms with Gasteiger partial charge in [-0.15, -0.1) is 0 Å². The van der Waals surface area contributed by atoms with E-state index in [0.717, 1.165) is 36.1 Å². The minimum absolute atomic E-state index is 0.0390. The third-order valence-electron chi connectivity index (χ3n) is 5.47. The van der Waals surface area contributed by atoms with E-state index in [1.165, 1.54) is 19.3 Å².